The Balaban J connectivity index is 1.59. The number of quaternary nitrogens is 1. The van der Waals surface area contributed by atoms with Crippen LogP contribution in [0, 0.1) is 5.92 Å². The van der Waals surface area contributed by atoms with Crippen LogP contribution in [0.4, 0.5) is 0 Å². The zero-order valence-corrected chi connectivity index (χ0v) is 18.2. The number of amides is 1. The fourth-order valence-electron chi connectivity index (χ4n) is 4.56. The van der Waals surface area contributed by atoms with E-state index in [-0.39, 0.29) is 5.78 Å². The van der Waals surface area contributed by atoms with Gasteiger partial charge in [-0.2, -0.15) is 0 Å². The number of morpholine rings is 1. The number of Topliss-reactive ketones (excluding diaryl/α,β-unsaturated/α-hetero) is 2. The first kappa shape index (κ1) is 22.1. The molecule has 1 amide bonds. The molecule has 0 bridgehead atoms. The number of nitrogens with zero attached hydrogens (tertiary/aromatic N) is 1. The summed E-state index contributed by atoms with van der Waals surface area (Å²) in [6.07, 6.45) is 4.26. The van der Waals surface area contributed by atoms with Crippen LogP contribution in [-0.2, 0) is 14.3 Å². The SMILES string of the molecule is COc1cccc(C(=O)C2C(=O)C(=O)N(CCC[NH+]3CCOCC3)C2c2ccc[nH+]c2)c1. The second kappa shape index (κ2) is 10.0. The summed E-state index contributed by atoms with van der Waals surface area (Å²) < 4.78 is 10.6. The monoisotopic (exact) mass is 439 g/mol. The molecule has 2 N–H and O–H groups in total. The van der Waals surface area contributed by atoms with E-state index >= 15 is 0 Å². The summed E-state index contributed by atoms with van der Waals surface area (Å²) in [6, 6.07) is 9.74. The number of hydrogen-bond donors (Lipinski definition) is 1. The lowest BCUT2D eigenvalue weighted by atomic mass is 9.87. The topological polar surface area (TPSA) is 91.5 Å². The highest BCUT2D eigenvalue weighted by Gasteiger charge is 2.52. The summed E-state index contributed by atoms with van der Waals surface area (Å²) in [4.78, 5) is 45.5. The maximum Gasteiger partial charge on any atom is 0.291 e. The zero-order valence-electron chi connectivity index (χ0n) is 18.2. The molecule has 2 aliphatic heterocycles. The maximum atomic E-state index is 13.4. The van der Waals surface area contributed by atoms with Gasteiger partial charge in [-0.15, -0.1) is 0 Å². The van der Waals surface area contributed by atoms with Crippen LogP contribution in [0.5, 0.6) is 5.75 Å². The summed E-state index contributed by atoms with van der Waals surface area (Å²) >= 11 is 0. The Morgan fingerprint density at radius 1 is 1.22 bits per heavy atom. The number of hydrogen-bond acceptors (Lipinski definition) is 5. The summed E-state index contributed by atoms with van der Waals surface area (Å²) in [5.41, 5.74) is 1.10. The first-order valence-corrected chi connectivity index (χ1v) is 11.0. The third-order valence-electron chi connectivity index (χ3n) is 6.24. The number of carbonyl (C=O) groups excluding carboxylic acids is 3. The molecular formula is C24H29N3O5+2. The molecule has 2 aliphatic rings. The molecule has 0 radical (unpaired) electrons. The normalized spacial score (nSPS) is 21.7. The molecule has 168 valence electrons. The second-order valence-electron chi connectivity index (χ2n) is 8.18. The molecule has 0 aliphatic carbocycles. The van der Waals surface area contributed by atoms with Crippen molar-refractivity contribution >= 4 is 17.5 Å². The van der Waals surface area contributed by atoms with Crippen LogP contribution >= 0.6 is 0 Å². The predicted octanol–water partition coefficient (Wildman–Crippen LogP) is -0.234. The van der Waals surface area contributed by atoms with Crippen molar-refractivity contribution in [3.63, 3.8) is 0 Å². The largest absolute Gasteiger partial charge is 0.497 e. The Labute approximate surface area is 187 Å². The highest BCUT2D eigenvalue weighted by Crippen LogP contribution is 2.38. The minimum Gasteiger partial charge on any atom is -0.497 e. The number of ketones is 2. The molecule has 2 fully saturated rings. The van der Waals surface area contributed by atoms with Crippen LogP contribution < -0.4 is 14.6 Å². The number of carbonyl (C=O) groups is 3. The van der Waals surface area contributed by atoms with Gasteiger partial charge in [-0.25, -0.2) is 4.98 Å². The first-order chi connectivity index (χ1) is 15.6. The van der Waals surface area contributed by atoms with Gasteiger partial charge in [-0.3, -0.25) is 14.4 Å². The molecule has 1 aromatic carbocycles. The number of pyridine rings is 1. The van der Waals surface area contributed by atoms with Crippen LogP contribution in [0.2, 0.25) is 0 Å². The van der Waals surface area contributed by atoms with Gasteiger partial charge >= 0.3 is 0 Å². The van der Waals surface area contributed by atoms with Crippen molar-refractivity contribution in [3.05, 3.63) is 59.9 Å². The number of benzene rings is 1. The number of ether oxygens (including phenoxy) is 2. The van der Waals surface area contributed by atoms with Crippen LogP contribution in [0.3, 0.4) is 0 Å². The molecule has 0 spiro atoms. The summed E-state index contributed by atoms with van der Waals surface area (Å²) in [5.74, 6) is -2.15. The Morgan fingerprint density at radius 3 is 2.75 bits per heavy atom. The first-order valence-electron chi connectivity index (χ1n) is 11.0. The van der Waals surface area contributed by atoms with E-state index in [0.717, 1.165) is 44.8 Å². The lowest BCUT2D eigenvalue weighted by molar-refractivity contribution is -0.908. The number of aromatic amines is 1. The number of likely N-dealkylation sites (tertiary alicyclic amines) is 1. The van der Waals surface area contributed by atoms with Crippen molar-refractivity contribution in [2.24, 2.45) is 5.92 Å². The standard InChI is InChI=1S/C24H27N3O5/c1-31-19-7-2-5-17(15-19)22(28)20-21(18-6-3-8-25-16-18)27(24(30)23(20)29)10-4-9-26-11-13-32-14-12-26/h2-3,5-8,15-16,20-21H,4,9-14H2,1H3/p+2. The van der Waals surface area contributed by atoms with Gasteiger partial charge in [-0.05, 0) is 18.2 Å². The minimum absolute atomic E-state index is 0.361. The third kappa shape index (κ3) is 4.56. The Hall–Kier alpha value is -3.10. The van der Waals surface area contributed by atoms with Crippen molar-refractivity contribution in [3.8, 4) is 5.75 Å². The van der Waals surface area contributed by atoms with E-state index in [4.69, 9.17) is 9.47 Å². The van der Waals surface area contributed by atoms with E-state index < -0.39 is 23.7 Å². The van der Waals surface area contributed by atoms with Crippen LogP contribution in [-0.4, -0.2) is 68.9 Å². The Bertz CT molecular complexity index is 975. The zero-order chi connectivity index (χ0) is 22.5. The van der Waals surface area contributed by atoms with Gasteiger partial charge in [0, 0.05) is 30.2 Å². The number of methoxy groups -OCH3 is 1. The molecule has 8 heteroatoms. The number of nitrogens with one attached hydrogen (secondary N) is 2. The van der Waals surface area contributed by atoms with Gasteiger partial charge in [0.15, 0.2) is 18.2 Å². The summed E-state index contributed by atoms with van der Waals surface area (Å²) in [7, 11) is 1.52. The number of rotatable bonds is 8. The summed E-state index contributed by atoms with van der Waals surface area (Å²) in [6.45, 7) is 4.70. The summed E-state index contributed by atoms with van der Waals surface area (Å²) in [5, 5.41) is 0. The third-order valence-corrected chi connectivity index (χ3v) is 6.24. The highest BCUT2D eigenvalue weighted by molar-refractivity contribution is 6.44. The molecule has 0 saturated carbocycles. The maximum absolute atomic E-state index is 13.4. The predicted molar refractivity (Wildman–Crippen MR) is 114 cm³/mol. The van der Waals surface area contributed by atoms with Gasteiger partial charge in [0.05, 0.1) is 32.9 Å². The van der Waals surface area contributed by atoms with E-state index in [1.165, 1.54) is 12.0 Å². The molecule has 32 heavy (non-hydrogen) atoms. The molecule has 2 aromatic rings. The molecular weight excluding hydrogens is 410 g/mol. The number of H-pyrrole nitrogens is 1. The van der Waals surface area contributed by atoms with Gasteiger partial charge < -0.3 is 19.3 Å². The lowest BCUT2D eigenvalue weighted by Crippen LogP contribution is -3.14. The molecule has 2 unspecified atom stereocenters. The van der Waals surface area contributed by atoms with E-state index in [9.17, 15) is 14.4 Å². The average molecular weight is 440 g/mol. The van der Waals surface area contributed by atoms with Gasteiger partial charge in [0.2, 0.25) is 5.78 Å². The molecule has 3 heterocycles. The second-order valence-corrected chi connectivity index (χ2v) is 8.18. The van der Waals surface area contributed by atoms with Crippen molar-refractivity contribution in [1.82, 2.24) is 4.90 Å². The smallest absolute Gasteiger partial charge is 0.291 e. The minimum atomic E-state index is -1.08. The van der Waals surface area contributed by atoms with Crippen LogP contribution in [0.25, 0.3) is 0 Å². The quantitative estimate of drug-likeness (QED) is 0.349. The highest BCUT2D eigenvalue weighted by atomic mass is 16.5. The average Bonchev–Trinajstić information content (AvgIpc) is 3.10. The molecule has 2 saturated heterocycles. The molecule has 1 aromatic heterocycles. The van der Waals surface area contributed by atoms with Crippen LogP contribution in [0.1, 0.15) is 28.4 Å². The van der Waals surface area contributed by atoms with Crippen molar-refractivity contribution in [2.75, 3.05) is 46.5 Å². The van der Waals surface area contributed by atoms with Crippen molar-refractivity contribution < 1.29 is 33.7 Å². The fraction of sp³-hybridized carbons (Fsp3) is 0.417. The van der Waals surface area contributed by atoms with Crippen LogP contribution in [0.15, 0.2) is 48.8 Å². The molecule has 2 atom stereocenters. The molecule has 8 nitrogen and oxygen atoms in total. The number of aromatic nitrogens is 1. The lowest BCUT2D eigenvalue weighted by Gasteiger charge is -2.28. The van der Waals surface area contributed by atoms with E-state index in [2.05, 4.69) is 4.98 Å². The van der Waals surface area contributed by atoms with Gasteiger partial charge in [-0.1, -0.05) is 12.1 Å². The van der Waals surface area contributed by atoms with Crippen molar-refractivity contribution in [1.29, 1.82) is 0 Å². The Morgan fingerprint density at radius 2 is 2.03 bits per heavy atom. The fourth-order valence-corrected chi connectivity index (χ4v) is 4.56. The van der Waals surface area contributed by atoms with E-state index in [1.807, 2.05) is 12.1 Å². The van der Waals surface area contributed by atoms with E-state index in [1.54, 1.807) is 41.6 Å². The van der Waals surface area contributed by atoms with Gasteiger partial charge in [0.1, 0.15) is 24.8 Å². The molecule has 4 rings (SSSR count). The Kier molecular flexibility index (Phi) is 6.92. The van der Waals surface area contributed by atoms with Gasteiger partial charge in [0.25, 0.3) is 5.91 Å². The van der Waals surface area contributed by atoms with Crippen molar-refractivity contribution in [2.45, 2.75) is 12.5 Å². The van der Waals surface area contributed by atoms with E-state index in [0.29, 0.717) is 17.9 Å².